The van der Waals surface area contributed by atoms with E-state index in [1.54, 1.807) is 6.07 Å². The Morgan fingerprint density at radius 2 is 2.31 bits per heavy atom. The lowest BCUT2D eigenvalue weighted by Gasteiger charge is -1.93. The molecule has 0 unspecified atom stereocenters. The van der Waals surface area contributed by atoms with Crippen LogP contribution < -0.4 is 0 Å². The Bertz CT molecular complexity index is 455. The van der Waals surface area contributed by atoms with Crippen molar-refractivity contribution in [3.63, 3.8) is 0 Å². The lowest BCUT2D eigenvalue weighted by molar-refractivity contribution is 0.480. The van der Waals surface area contributed by atoms with Crippen LogP contribution in [-0.4, -0.2) is 15.1 Å². The minimum atomic E-state index is 0.227. The second kappa shape index (κ2) is 3.45. The molecule has 13 heavy (non-hydrogen) atoms. The van der Waals surface area contributed by atoms with Gasteiger partial charge in [0.2, 0.25) is 0 Å². The lowest BCUT2D eigenvalue weighted by Crippen LogP contribution is -1.76. The normalized spacial score (nSPS) is 10.9. The van der Waals surface area contributed by atoms with Gasteiger partial charge >= 0.3 is 0 Å². The van der Waals surface area contributed by atoms with Gasteiger partial charge in [0.25, 0.3) is 0 Å². The molecule has 0 spiro atoms. The predicted octanol–water partition coefficient (Wildman–Crippen LogP) is 2.77. The van der Waals surface area contributed by atoms with E-state index in [1.807, 2.05) is 6.07 Å². The van der Waals surface area contributed by atoms with E-state index in [4.69, 9.17) is 0 Å². The Morgan fingerprint density at radius 1 is 1.54 bits per heavy atom. The van der Waals surface area contributed by atoms with Crippen molar-refractivity contribution in [1.29, 1.82) is 0 Å². The summed E-state index contributed by atoms with van der Waals surface area (Å²) in [7, 11) is 0. The number of nitrogens with one attached hydrogen (secondary N) is 1. The predicted molar refractivity (Wildman–Crippen MR) is 63.1 cm³/mol. The van der Waals surface area contributed by atoms with E-state index in [2.05, 4.69) is 48.5 Å². The van der Waals surface area contributed by atoms with Crippen molar-refractivity contribution in [2.45, 2.75) is 5.33 Å². The van der Waals surface area contributed by atoms with Crippen molar-refractivity contribution in [3.05, 3.63) is 21.5 Å². The molecule has 0 aliphatic carbocycles. The molecule has 1 heterocycles. The molecule has 0 aliphatic rings. The maximum atomic E-state index is 9.56. The number of nitrogens with zero attached hydrogens (tertiary/aromatic N) is 1. The number of halogens is 2. The minimum Gasteiger partial charge on any atom is -0.506 e. The number of alkyl halides is 1. The number of hydrogen-bond donors (Lipinski definition) is 2. The molecular weight excluding hydrogens is 347 g/mol. The number of hydrogen-bond acceptors (Lipinski definition) is 2. The highest BCUT2D eigenvalue weighted by molar-refractivity contribution is 14.1. The Morgan fingerprint density at radius 3 is 3.00 bits per heavy atom. The van der Waals surface area contributed by atoms with Crippen molar-refractivity contribution < 1.29 is 5.11 Å². The van der Waals surface area contributed by atoms with Crippen molar-refractivity contribution >= 4 is 49.6 Å². The zero-order chi connectivity index (χ0) is 9.42. The van der Waals surface area contributed by atoms with Crippen LogP contribution in [-0.2, 0) is 5.33 Å². The van der Waals surface area contributed by atoms with Gasteiger partial charge in [-0.25, -0.2) is 4.98 Å². The van der Waals surface area contributed by atoms with Crippen molar-refractivity contribution in [3.8, 4) is 5.75 Å². The summed E-state index contributed by atoms with van der Waals surface area (Å²) in [6.07, 6.45) is 0. The average Bonchev–Trinajstić information content (AvgIpc) is 2.47. The highest BCUT2D eigenvalue weighted by Crippen LogP contribution is 2.25. The van der Waals surface area contributed by atoms with Gasteiger partial charge in [0, 0.05) is 3.57 Å². The monoisotopic (exact) mass is 352 g/mol. The third kappa shape index (κ3) is 1.67. The number of benzene rings is 1. The summed E-state index contributed by atoms with van der Waals surface area (Å²) in [6, 6.07) is 3.65. The highest BCUT2D eigenvalue weighted by Gasteiger charge is 2.06. The molecule has 0 atom stereocenters. The fourth-order valence-corrected chi connectivity index (χ4v) is 2.05. The van der Waals surface area contributed by atoms with Gasteiger partial charge in [-0.15, -0.1) is 0 Å². The van der Waals surface area contributed by atoms with E-state index >= 15 is 0 Å². The van der Waals surface area contributed by atoms with Crippen molar-refractivity contribution in [2.75, 3.05) is 0 Å². The van der Waals surface area contributed by atoms with E-state index < -0.39 is 0 Å². The Hall–Kier alpha value is -0.300. The van der Waals surface area contributed by atoms with Gasteiger partial charge < -0.3 is 10.1 Å². The number of phenols is 1. The standard InChI is InChI=1S/C8H6BrIN2O/c9-3-7-11-5-1-4(10)2-6(13)8(5)12-7/h1-2,13H,3H2,(H,11,12). The summed E-state index contributed by atoms with van der Waals surface area (Å²) in [4.78, 5) is 7.32. The number of aromatic hydroxyl groups is 1. The second-order valence-corrected chi connectivity index (χ2v) is 4.44. The highest BCUT2D eigenvalue weighted by atomic mass is 127. The number of imidazole rings is 1. The Balaban J connectivity index is 2.75. The molecule has 0 saturated heterocycles. The summed E-state index contributed by atoms with van der Waals surface area (Å²) in [5.74, 6) is 1.05. The maximum absolute atomic E-state index is 9.56. The molecule has 3 nitrogen and oxygen atoms in total. The summed E-state index contributed by atoms with van der Waals surface area (Å²) >= 11 is 5.46. The summed E-state index contributed by atoms with van der Waals surface area (Å²) in [6.45, 7) is 0. The van der Waals surface area contributed by atoms with Gasteiger partial charge in [-0.2, -0.15) is 0 Å². The molecule has 5 heteroatoms. The van der Waals surface area contributed by atoms with Gasteiger partial charge in [-0.1, -0.05) is 15.9 Å². The summed E-state index contributed by atoms with van der Waals surface area (Å²) in [5.41, 5.74) is 1.51. The van der Waals surface area contributed by atoms with E-state index in [0.717, 1.165) is 14.9 Å². The third-order valence-corrected chi connectivity index (χ3v) is 2.86. The number of phenolic OH excluding ortho intramolecular Hbond substituents is 1. The molecule has 0 saturated carbocycles. The lowest BCUT2D eigenvalue weighted by atomic mass is 10.3. The average molecular weight is 353 g/mol. The zero-order valence-corrected chi connectivity index (χ0v) is 10.3. The molecule has 68 valence electrons. The van der Waals surface area contributed by atoms with Gasteiger partial charge in [0.05, 0.1) is 10.8 Å². The topological polar surface area (TPSA) is 48.9 Å². The molecule has 2 aromatic rings. The van der Waals surface area contributed by atoms with Crippen LogP contribution in [0.3, 0.4) is 0 Å². The van der Waals surface area contributed by atoms with Crippen LogP contribution in [0.25, 0.3) is 11.0 Å². The van der Waals surface area contributed by atoms with E-state index in [-0.39, 0.29) is 5.75 Å². The molecule has 0 aliphatic heterocycles. The van der Waals surface area contributed by atoms with Crippen LogP contribution in [0.15, 0.2) is 12.1 Å². The molecule has 0 radical (unpaired) electrons. The van der Waals surface area contributed by atoms with Crippen LogP contribution >= 0.6 is 38.5 Å². The van der Waals surface area contributed by atoms with Gasteiger partial charge in [0.15, 0.2) is 0 Å². The molecule has 0 amide bonds. The first-order chi connectivity index (χ1) is 6.20. The maximum Gasteiger partial charge on any atom is 0.144 e. The number of aromatic amines is 1. The SMILES string of the molecule is Oc1cc(I)cc2[nH]c(CBr)nc12. The van der Waals surface area contributed by atoms with Gasteiger partial charge in [-0.05, 0) is 34.7 Å². The Kier molecular flexibility index (Phi) is 2.46. The quantitative estimate of drug-likeness (QED) is 0.612. The van der Waals surface area contributed by atoms with Crippen molar-refractivity contribution in [1.82, 2.24) is 9.97 Å². The third-order valence-electron chi connectivity index (χ3n) is 1.71. The number of rotatable bonds is 1. The van der Waals surface area contributed by atoms with Gasteiger partial charge in [-0.3, -0.25) is 0 Å². The van der Waals surface area contributed by atoms with E-state index in [9.17, 15) is 5.11 Å². The zero-order valence-electron chi connectivity index (χ0n) is 6.51. The smallest absolute Gasteiger partial charge is 0.144 e. The molecule has 1 aromatic heterocycles. The molecule has 2 N–H and O–H groups in total. The van der Waals surface area contributed by atoms with Gasteiger partial charge in [0.1, 0.15) is 17.1 Å². The molecule has 0 fully saturated rings. The second-order valence-electron chi connectivity index (χ2n) is 2.64. The molecule has 0 bridgehead atoms. The van der Waals surface area contributed by atoms with Crippen LogP contribution in [0.5, 0.6) is 5.75 Å². The van der Waals surface area contributed by atoms with Crippen LogP contribution in [0.1, 0.15) is 5.82 Å². The van der Waals surface area contributed by atoms with E-state index in [0.29, 0.717) is 10.8 Å². The van der Waals surface area contributed by atoms with Crippen LogP contribution in [0.2, 0.25) is 0 Å². The number of H-pyrrole nitrogens is 1. The van der Waals surface area contributed by atoms with E-state index in [1.165, 1.54) is 0 Å². The minimum absolute atomic E-state index is 0.227. The van der Waals surface area contributed by atoms with Crippen molar-refractivity contribution in [2.24, 2.45) is 0 Å². The Labute approximate surface area is 96.8 Å². The largest absolute Gasteiger partial charge is 0.506 e. The van der Waals surface area contributed by atoms with Crippen LogP contribution in [0, 0.1) is 3.57 Å². The number of aromatic nitrogens is 2. The first-order valence-electron chi connectivity index (χ1n) is 3.64. The summed E-state index contributed by atoms with van der Waals surface area (Å²) < 4.78 is 0.993. The molecule has 2 rings (SSSR count). The molecular formula is C8H6BrIN2O. The first-order valence-corrected chi connectivity index (χ1v) is 5.84. The molecule has 1 aromatic carbocycles. The number of fused-ring (bicyclic) bond motifs is 1. The first kappa shape index (κ1) is 9.26. The fourth-order valence-electron chi connectivity index (χ4n) is 1.18. The fraction of sp³-hybridized carbons (Fsp3) is 0.125. The summed E-state index contributed by atoms with van der Waals surface area (Å²) in [5, 5.41) is 10.2. The van der Waals surface area contributed by atoms with Crippen LogP contribution in [0.4, 0.5) is 0 Å².